The van der Waals surface area contributed by atoms with Gasteiger partial charge in [-0.2, -0.15) is 0 Å². The maximum Gasteiger partial charge on any atom is 0.0282 e. The van der Waals surface area contributed by atoms with Crippen LogP contribution in [0.4, 0.5) is 0 Å². The summed E-state index contributed by atoms with van der Waals surface area (Å²) >= 11 is 0. The van der Waals surface area contributed by atoms with Crippen LogP contribution in [0.1, 0.15) is 38.8 Å². The molecule has 0 aliphatic carbocycles. The van der Waals surface area contributed by atoms with E-state index in [2.05, 4.69) is 69.1 Å². The van der Waals surface area contributed by atoms with Crippen molar-refractivity contribution in [3.05, 3.63) is 35.4 Å². The van der Waals surface area contributed by atoms with Gasteiger partial charge in [0.05, 0.1) is 0 Å². The van der Waals surface area contributed by atoms with E-state index in [1.54, 1.807) is 0 Å². The Bertz CT molecular complexity index is 421. The zero-order chi connectivity index (χ0) is 13.4. The second-order valence-electron chi connectivity index (χ2n) is 6.89. The van der Waals surface area contributed by atoms with Gasteiger partial charge in [0.2, 0.25) is 0 Å². The molecule has 1 aliphatic rings. The zero-order valence-electron chi connectivity index (χ0n) is 12.4. The Hall–Kier alpha value is -0.860. The molecule has 2 heteroatoms. The summed E-state index contributed by atoms with van der Waals surface area (Å²) < 4.78 is 0. The van der Waals surface area contributed by atoms with Crippen LogP contribution in [-0.2, 0) is 6.54 Å². The molecule has 1 aromatic carbocycles. The lowest BCUT2D eigenvalue weighted by molar-refractivity contribution is 0.0324. The Kier molecular flexibility index (Phi) is 3.52. The third-order valence-corrected chi connectivity index (χ3v) is 3.90. The van der Waals surface area contributed by atoms with E-state index in [9.17, 15) is 0 Å². The molecule has 1 fully saturated rings. The van der Waals surface area contributed by atoms with Gasteiger partial charge in [0.1, 0.15) is 0 Å². The van der Waals surface area contributed by atoms with Crippen LogP contribution in [0.15, 0.2) is 24.3 Å². The molecule has 0 aromatic heterocycles. The predicted octanol–water partition coefficient (Wildman–Crippen LogP) is 2.96. The van der Waals surface area contributed by atoms with E-state index in [4.69, 9.17) is 0 Å². The van der Waals surface area contributed by atoms with Crippen molar-refractivity contribution < 1.29 is 0 Å². The average molecular weight is 246 g/mol. The second kappa shape index (κ2) is 4.67. The molecular formula is C16H26N2. The first kappa shape index (κ1) is 13.6. The molecule has 0 radical (unpaired) electrons. The monoisotopic (exact) mass is 246 g/mol. The fourth-order valence-corrected chi connectivity index (χ4v) is 2.62. The number of rotatable bonds is 2. The van der Waals surface area contributed by atoms with E-state index >= 15 is 0 Å². The van der Waals surface area contributed by atoms with Crippen molar-refractivity contribution in [3.63, 3.8) is 0 Å². The van der Waals surface area contributed by atoms with Gasteiger partial charge in [-0.25, -0.2) is 0 Å². The summed E-state index contributed by atoms with van der Waals surface area (Å²) in [6.07, 6.45) is 0. The Labute approximate surface area is 111 Å². The van der Waals surface area contributed by atoms with Gasteiger partial charge in [-0.15, -0.1) is 0 Å². The van der Waals surface area contributed by atoms with Crippen molar-refractivity contribution in [2.45, 2.75) is 52.2 Å². The van der Waals surface area contributed by atoms with Gasteiger partial charge in [0, 0.05) is 30.7 Å². The normalized spacial score (nSPS) is 22.9. The first-order chi connectivity index (χ1) is 8.28. The number of hydrogen-bond donors (Lipinski definition) is 1. The standard InChI is InChI=1S/C16H26N2/c1-13-7-6-8-14(9-13)10-18-12-15(2,3)17-11-16(18,4)5/h6-9,17H,10-12H2,1-5H3. The summed E-state index contributed by atoms with van der Waals surface area (Å²) in [4.78, 5) is 2.60. The molecule has 1 N–H and O–H groups in total. The van der Waals surface area contributed by atoms with Crippen LogP contribution in [0, 0.1) is 6.92 Å². The quantitative estimate of drug-likeness (QED) is 0.863. The van der Waals surface area contributed by atoms with Gasteiger partial charge in [-0.05, 0) is 40.2 Å². The largest absolute Gasteiger partial charge is 0.309 e. The Morgan fingerprint density at radius 3 is 2.61 bits per heavy atom. The summed E-state index contributed by atoms with van der Waals surface area (Å²) in [5.74, 6) is 0. The number of hydrogen-bond acceptors (Lipinski definition) is 2. The van der Waals surface area contributed by atoms with Crippen molar-refractivity contribution in [2.24, 2.45) is 0 Å². The highest BCUT2D eigenvalue weighted by atomic mass is 15.3. The van der Waals surface area contributed by atoms with E-state index in [1.807, 2.05) is 0 Å². The molecule has 100 valence electrons. The van der Waals surface area contributed by atoms with Crippen LogP contribution in [-0.4, -0.2) is 29.1 Å². The van der Waals surface area contributed by atoms with Crippen molar-refractivity contribution in [1.82, 2.24) is 10.2 Å². The molecule has 1 aromatic rings. The fraction of sp³-hybridized carbons (Fsp3) is 0.625. The number of benzene rings is 1. The van der Waals surface area contributed by atoms with Crippen LogP contribution in [0.25, 0.3) is 0 Å². The van der Waals surface area contributed by atoms with Crippen LogP contribution in [0.3, 0.4) is 0 Å². The lowest BCUT2D eigenvalue weighted by Crippen LogP contribution is -2.65. The van der Waals surface area contributed by atoms with E-state index in [-0.39, 0.29) is 11.1 Å². The molecule has 0 saturated carbocycles. The van der Waals surface area contributed by atoms with E-state index in [0.29, 0.717) is 0 Å². The van der Waals surface area contributed by atoms with E-state index in [0.717, 1.165) is 19.6 Å². The topological polar surface area (TPSA) is 15.3 Å². The summed E-state index contributed by atoms with van der Waals surface area (Å²) in [5.41, 5.74) is 3.19. The minimum absolute atomic E-state index is 0.208. The van der Waals surface area contributed by atoms with Crippen molar-refractivity contribution >= 4 is 0 Å². The first-order valence-corrected chi connectivity index (χ1v) is 6.84. The number of nitrogens with one attached hydrogen (secondary N) is 1. The third kappa shape index (κ3) is 3.12. The third-order valence-electron chi connectivity index (χ3n) is 3.90. The molecule has 0 atom stereocenters. The first-order valence-electron chi connectivity index (χ1n) is 6.84. The van der Waals surface area contributed by atoms with Crippen molar-refractivity contribution in [3.8, 4) is 0 Å². The highest BCUT2D eigenvalue weighted by Gasteiger charge is 2.37. The maximum absolute atomic E-state index is 3.63. The number of aryl methyl sites for hydroxylation is 1. The van der Waals surface area contributed by atoms with Crippen LogP contribution < -0.4 is 5.32 Å². The number of nitrogens with zero attached hydrogens (tertiary/aromatic N) is 1. The molecule has 1 heterocycles. The molecule has 0 bridgehead atoms. The summed E-state index contributed by atoms with van der Waals surface area (Å²) in [7, 11) is 0. The maximum atomic E-state index is 3.63. The molecule has 2 nitrogen and oxygen atoms in total. The Balaban J connectivity index is 2.15. The molecule has 2 rings (SSSR count). The molecule has 18 heavy (non-hydrogen) atoms. The molecule has 0 spiro atoms. The molecule has 0 amide bonds. The molecular weight excluding hydrogens is 220 g/mol. The lowest BCUT2D eigenvalue weighted by Gasteiger charge is -2.49. The minimum atomic E-state index is 0.208. The van der Waals surface area contributed by atoms with Crippen LogP contribution in [0.5, 0.6) is 0 Å². The van der Waals surface area contributed by atoms with Crippen molar-refractivity contribution in [1.29, 1.82) is 0 Å². The molecule has 1 saturated heterocycles. The number of piperazine rings is 1. The smallest absolute Gasteiger partial charge is 0.0282 e. The van der Waals surface area contributed by atoms with Gasteiger partial charge < -0.3 is 5.32 Å². The fourth-order valence-electron chi connectivity index (χ4n) is 2.62. The van der Waals surface area contributed by atoms with Gasteiger partial charge >= 0.3 is 0 Å². The highest BCUT2D eigenvalue weighted by molar-refractivity contribution is 5.22. The summed E-state index contributed by atoms with van der Waals surface area (Å²) in [6.45, 7) is 14.6. The Morgan fingerprint density at radius 1 is 1.22 bits per heavy atom. The van der Waals surface area contributed by atoms with Gasteiger partial charge in [0.25, 0.3) is 0 Å². The lowest BCUT2D eigenvalue weighted by atomic mass is 9.91. The zero-order valence-corrected chi connectivity index (χ0v) is 12.4. The molecule has 1 aliphatic heterocycles. The predicted molar refractivity (Wildman–Crippen MR) is 77.7 cm³/mol. The van der Waals surface area contributed by atoms with Gasteiger partial charge in [-0.3, -0.25) is 4.90 Å². The van der Waals surface area contributed by atoms with E-state index < -0.39 is 0 Å². The molecule has 0 unspecified atom stereocenters. The SMILES string of the molecule is Cc1cccc(CN2CC(C)(C)NCC2(C)C)c1. The average Bonchev–Trinajstić information content (AvgIpc) is 2.24. The minimum Gasteiger partial charge on any atom is -0.309 e. The second-order valence-corrected chi connectivity index (χ2v) is 6.89. The van der Waals surface area contributed by atoms with Crippen LogP contribution in [0.2, 0.25) is 0 Å². The van der Waals surface area contributed by atoms with E-state index in [1.165, 1.54) is 11.1 Å². The Morgan fingerprint density at radius 2 is 1.94 bits per heavy atom. The summed E-state index contributed by atoms with van der Waals surface area (Å²) in [5, 5.41) is 3.63. The van der Waals surface area contributed by atoms with Gasteiger partial charge in [0.15, 0.2) is 0 Å². The highest BCUT2D eigenvalue weighted by Crippen LogP contribution is 2.25. The van der Waals surface area contributed by atoms with Crippen molar-refractivity contribution in [2.75, 3.05) is 13.1 Å². The van der Waals surface area contributed by atoms with Crippen LogP contribution >= 0.6 is 0 Å². The van der Waals surface area contributed by atoms with Gasteiger partial charge in [-0.1, -0.05) is 29.8 Å². The summed E-state index contributed by atoms with van der Waals surface area (Å²) in [6, 6.07) is 8.85.